The Kier molecular flexibility index (Phi) is 7.58. The van der Waals surface area contributed by atoms with Gasteiger partial charge < -0.3 is 10.6 Å². The molecule has 2 N–H and O–H groups in total. The van der Waals surface area contributed by atoms with Crippen LogP contribution in [0.5, 0.6) is 0 Å². The smallest absolute Gasteiger partial charge is 0.257 e. The summed E-state index contributed by atoms with van der Waals surface area (Å²) in [7, 11) is 0. The first kappa shape index (κ1) is 25.8. The summed E-state index contributed by atoms with van der Waals surface area (Å²) in [6, 6.07) is 13.6. The van der Waals surface area contributed by atoms with Crippen LogP contribution in [0, 0.1) is 15.3 Å². The van der Waals surface area contributed by atoms with E-state index in [1.165, 1.54) is 30.3 Å². The SMILES string of the molecule is O=C(Nc1ccc(I)cc1F)c1cc(NC(=O)[C@@H]2[C@@H](c3cc(Cl)cc(Cl)c3)C2(Cl)Cl)ccc1Cl. The van der Waals surface area contributed by atoms with Gasteiger partial charge in [0.1, 0.15) is 10.2 Å². The molecule has 0 spiro atoms. The second kappa shape index (κ2) is 9.99. The molecule has 0 saturated heterocycles. The number of nitrogens with one attached hydrogen (secondary N) is 2. The van der Waals surface area contributed by atoms with Crippen molar-refractivity contribution < 1.29 is 14.0 Å². The molecule has 11 heteroatoms. The zero-order valence-corrected chi connectivity index (χ0v) is 22.8. The fourth-order valence-electron chi connectivity index (χ4n) is 3.60. The maximum absolute atomic E-state index is 14.1. The Morgan fingerprint density at radius 3 is 2.24 bits per heavy atom. The van der Waals surface area contributed by atoms with Crippen LogP contribution in [-0.4, -0.2) is 16.1 Å². The van der Waals surface area contributed by atoms with Gasteiger partial charge in [-0.2, -0.15) is 0 Å². The summed E-state index contributed by atoms with van der Waals surface area (Å²) < 4.78 is 13.5. The van der Waals surface area contributed by atoms with E-state index in [1.54, 1.807) is 24.3 Å². The molecule has 0 unspecified atom stereocenters. The monoisotopic (exact) mass is 670 g/mol. The zero-order valence-electron chi connectivity index (χ0n) is 16.8. The Morgan fingerprint density at radius 1 is 0.912 bits per heavy atom. The van der Waals surface area contributed by atoms with Crippen LogP contribution in [0.15, 0.2) is 54.6 Å². The normalized spacial score (nSPS) is 18.3. The van der Waals surface area contributed by atoms with Crippen molar-refractivity contribution in [2.45, 2.75) is 10.3 Å². The molecule has 1 saturated carbocycles. The minimum Gasteiger partial charge on any atom is -0.326 e. The number of benzene rings is 3. The van der Waals surface area contributed by atoms with Gasteiger partial charge in [-0.05, 0) is 82.8 Å². The molecule has 2 amide bonds. The van der Waals surface area contributed by atoms with Crippen LogP contribution in [0.1, 0.15) is 21.8 Å². The molecular formula is C23H13Cl5FIN2O2. The second-order valence-corrected chi connectivity index (χ2v) is 11.6. The summed E-state index contributed by atoms with van der Waals surface area (Å²) >= 11 is 33.1. The predicted molar refractivity (Wildman–Crippen MR) is 144 cm³/mol. The number of anilines is 2. The summed E-state index contributed by atoms with van der Waals surface area (Å²) in [6.07, 6.45) is 0. The summed E-state index contributed by atoms with van der Waals surface area (Å²) in [5, 5.41) is 6.11. The Bertz CT molecular complexity index is 1300. The van der Waals surface area contributed by atoms with Crippen molar-refractivity contribution in [3.05, 3.63) is 90.2 Å². The molecule has 1 aliphatic carbocycles. The van der Waals surface area contributed by atoms with Crippen molar-refractivity contribution in [1.82, 2.24) is 0 Å². The standard InChI is InChI=1S/C23H13Cl5FIN2O2/c24-11-5-10(6-12(25)7-11)19-20(23(19,27)28)22(34)31-14-2-3-16(26)15(9-14)21(33)32-18-4-1-13(30)8-17(18)29/h1-9,19-20H,(H,31,34)(H,32,33)/t19-,20+/m1/s1. The van der Waals surface area contributed by atoms with Gasteiger partial charge in [0.2, 0.25) is 5.91 Å². The van der Waals surface area contributed by atoms with Gasteiger partial charge in [-0.1, -0.05) is 34.8 Å². The summed E-state index contributed by atoms with van der Waals surface area (Å²) in [5.41, 5.74) is 0.986. The molecule has 0 radical (unpaired) electrons. The van der Waals surface area contributed by atoms with E-state index in [4.69, 9.17) is 58.0 Å². The van der Waals surface area contributed by atoms with E-state index in [9.17, 15) is 14.0 Å². The fraction of sp³-hybridized carbons (Fsp3) is 0.130. The zero-order chi connectivity index (χ0) is 24.8. The van der Waals surface area contributed by atoms with Crippen molar-refractivity contribution in [3.63, 3.8) is 0 Å². The largest absolute Gasteiger partial charge is 0.326 e. The number of alkyl halides is 2. The van der Waals surface area contributed by atoms with Gasteiger partial charge in [-0.25, -0.2) is 4.39 Å². The lowest BCUT2D eigenvalue weighted by atomic mass is 10.1. The quantitative estimate of drug-likeness (QED) is 0.212. The van der Waals surface area contributed by atoms with Crippen LogP contribution in [0.3, 0.4) is 0 Å². The number of carbonyl (C=O) groups is 2. The van der Waals surface area contributed by atoms with Crippen LogP contribution < -0.4 is 10.6 Å². The third-order valence-corrected chi connectivity index (χ3v) is 7.62. The van der Waals surface area contributed by atoms with E-state index in [-0.39, 0.29) is 16.3 Å². The molecule has 34 heavy (non-hydrogen) atoms. The van der Waals surface area contributed by atoms with E-state index in [2.05, 4.69) is 10.6 Å². The third kappa shape index (κ3) is 5.42. The van der Waals surface area contributed by atoms with Crippen LogP contribution in [0.2, 0.25) is 15.1 Å². The molecule has 0 heterocycles. The summed E-state index contributed by atoms with van der Waals surface area (Å²) in [6.45, 7) is 0. The molecule has 3 aromatic rings. The van der Waals surface area contributed by atoms with Crippen LogP contribution in [0.4, 0.5) is 15.8 Å². The van der Waals surface area contributed by atoms with E-state index in [1.807, 2.05) is 22.6 Å². The molecule has 0 bridgehead atoms. The second-order valence-electron chi connectivity index (χ2n) is 7.59. The molecule has 0 aliphatic heterocycles. The molecule has 2 atom stereocenters. The van der Waals surface area contributed by atoms with Gasteiger partial charge in [0.05, 0.1) is 22.2 Å². The van der Waals surface area contributed by atoms with Crippen LogP contribution in [0.25, 0.3) is 0 Å². The van der Waals surface area contributed by atoms with Gasteiger partial charge >= 0.3 is 0 Å². The van der Waals surface area contributed by atoms with E-state index < -0.39 is 33.8 Å². The van der Waals surface area contributed by atoms with Crippen molar-refractivity contribution >= 4 is 104 Å². The highest BCUT2D eigenvalue weighted by atomic mass is 127. The molecule has 1 fully saturated rings. The number of halogens is 7. The molecule has 4 nitrogen and oxygen atoms in total. The number of amides is 2. The molecular weight excluding hydrogens is 659 g/mol. The van der Waals surface area contributed by atoms with Crippen LogP contribution in [-0.2, 0) is 4.79 Å². The predicted octanol–water partition coefficient (Wildman–Crippen LogP) is 8.17. The van der Waals surface area contributed by atoms with Gasteiger partial charge in [0.15, 0.2) is 0 Å². The lowest BCUT2D eigenvalue weighted by Crippen LogP contribution is -2.18. The maximum Gasteiger partial charge on any atom is 0.257 e. The van der Waals surface area contributed by atoms with Crippen molar-refractivity contribution in [1.29, 1.82) is 0 Å². The lowest BCUT2D eigenvalue weighted by molar-refractivity contribution is -0.117. The highest BCUT2D eigenvalue weighted by molar-refractivity contribution is 14.1. The average Bonchev–Trinajstić information content (AvgIpc) is 3.33. The topological polar surface area (TPSA) is 58.2 Å². The molecule has 3 aromatic carbocycles. The average molecular weight is 673 g/mol. The van der Waals surface area contributed by atoms with Crippen molar-refractivity contribution in [2.75, 3.05) is 10.6 Å². The molecule has 4 rings (SSSR count). The summed E-state index contributed by atoms with van der Waals surface area (Å²) in [5.74, 6) is -2.97. The molecule has 176 valence electrons. The number of carbonyl (C=O) groups excluding carboxylic acids is 2. The van der Waals surface area contributed by atoms with Gasteiger partial charge in [-0.3, -0.25) is 9.59 Å². The first-order valence-corrected chi connectivity index (χ1v) is 12.6. The minimum atomic E-state index is -1.35. The maximum atomic E-state index is 14.1. The third-order valence-electron chi connectivity index (χ3n) is 5.24. The number of hydrogen-bond acceptors (Lipinski definition) is 2. The Hall–Kier alpha value is -1.29. The first-order chi connectivity index (χ1) is 16.0. The van der Waals surface area contributed by atoms with Gasteiger partial charge in [0, 0.05) is 25.2 Å². The van der Waals surface area contributed by atoms with Gasteiger partial charge in [-0.15, -0.1) is 23.2 Å². The first-order valence-electron chi connectivity index (χ1n) is 9.68. The Balaban J connectivity index is 1.52. The van der Waals surface area contributed by atoms with Crippen molar-refractivity contribution in [3.8, 4) is 0 Å². The number of rotatable bonds is 5. The minimum absolute atomic E-state index is 0.00555. The lowest BCUT2D eigenvalue weighted by Gasteiger charge is -2.11. The number of hydrogen-bond donors (Lipinski definition) is 2. The summed E-state index contributed by atoms with van der Waals surface area (Å²) in [4.78, 5) is 25.7. The van der Waals surface area contributed by atoms with Crippen LogP contribution >= 0.6 is 80.6 Å². The molecule has 1 aliphatic rings. The van der Waals surface area contributed by atoms with E-state index in [0.717, 1.165) is 0 Å². The Morgan fingerprint density at radius 2 is 1.59 bits per heavy atom. The van der Waals surface area contributed by atoms with E-state index in [0.29, 0.717) is 24.9 Å². The highest BCUT2D eigenvalue weighted by Crippen LogP contribution is 2.65. The Labute approximate surface area is 233 Å². The van der Waals surface area contributed by atoms with Gasteiger partial charge in [0.25, 0.3) is 5.91 Å². The van der Waals surface area contributed by atoms with Crippen molar-refractivity contribution in [2.24, 2.45) is 5.92 Å². The fourth-order valence-corrected chi connectivity index (χ4v) is 5.63. The van der Waals surface area contributed by atoms with E-state index >= 15 is 0 Å². The highest BCUT2D eigenvalue weighted by Gasteiger charge is 2.67. The molecule has 0 aromatic heterocycles.